The highest BCUT2D eigenvalue weighted by Gasteiger charge is 2.28. The summed E-state index contributed by atoms with van der Waals surface area (Å²) in [4.78, 5) is 23.7. The van der Waals surface area contributed by atoms with E-state index in [1.165, 1.54) is 19.5 Å². The minimum absolute atomic E-state index is 0.0315. The first kappa shape index (κ1) is 24.3. The van der Waals surface area contributed by atoms with E-state index in [0.29, 0.717) is 59.3 Å². The number of thiophene rings is 1. The van der Waals surface area contributed by atoms with Gasteiger partial charge in [-0.3, -0.25) is 4.79 Å². The Kier molecular flexibility index (Phi) is 6.74. The molecule has 2 N–H and O–H groups in total. The molecule has 10 nitrogen and oxygen atoms in total. The van der Waals surface area contributed by atoms with E-state index < -0.39 is 0 Å². The van der Waals surface area contributed by atoms with Crippen LogP contribution in [-0.2, 0) is 11.4 Å². The van der Waals surface area contributed by atoms with Crippen molar-refractivity contribution in [3.05, 3.63) is 59.1 Å². The molecule has 188 valence electrons. The number of hydrogen-bond donors (Lipinski definition) is 1. The number of hydrogen-bond acceptors (Lipinski definition) is 9. The lowest BCUT2D eigenvalue weighted by atomic mass is 10.1. The third-order valence-electron chi connectivity index (χ3n) is 6.35. The molecule has 0 saturated carbocycles. The molecular weight excluding hydrogens is 490 g/mol. The number of ether oxygens (including phenoxy) is 2. The molecule has 0 unspecified atom stereocenters. The van der Waals surface area contributed by atoms with Crippen molar-refractivity contribution in [2.45, 2.75) is 25.5 Å². The minimum atomic E-state index is -0.0853. The van der Waals surface area contributed by atoms with Gasteiger partial charge in [-0.05, 0) is 37.1 Å². The summed E-state index contributed by atoms with van der Waals surface area (Å²) in [6, 6.07) is 9.19. The Morgan fingerprint density at radius 2 is 2.24 bits per heavy atom. The lowest BCUT2D eigenvalue weighted by Crippen LogP contribution is -2.40. The van der Waals surface area contributed by atoms with Crippen LogP contribution in [0.3, 0.4) is 0 Å². The zero-order valence-corrected chi connectivity index (χ0v) is 21.1. The summed E-state index contributed by atoms with van der Waals surface area (Å²) in [7, 11) is 1.52. The third kappa shape index (κ3) is 4.71. The predicted octanol–water partition coefficient (Wildman–Crippen LogP) is 3.95. The summed E-state index contributed by atoms with van der Waals surface area (Å²) in [5.74, 6) is 1.34. The number of aromatic nitrogens is 4. The molecule has 5 rings (SSSR count). The summed E-state index contributed by atoms with van der Waals surface area (Å²) >= 11 is 1.54. The van der Waals surface area contributed by atoms with Crippen molar-refractivity contribution >= 4 is 34.1 Å². The van der Waals surface area contributed by atoms with E-state index in [-0.39, 0.29) is 11.9 Å². The van der Waals surface area contributed by atoms with E-state index >= 15 is 0 Å². The highest BCUT2D eigenvalue weighted by Crippen LogP contribution is 2.36. The summed E-state index contributed by atoms with van der Waals surface area (Å²) < 4.78 is 13.1. The van der Waals surface area contributed by atoms with Crippen LogP contribution in [0.5, 0.6) is 11.5 Å². The van der Waals surface area contributed by atoms with Crippen LogP contribution in [0.2, 0.25) is 0 Å². The Morgan fingerprint density at radius 3 is 3.03 bits per heavy atom. The van der Waals surface area contributed by atoms with Crippen molar-refractivity contribution in [3.8, 4) is 28.8 Å². The van der Waals surface area contributed by atoms with Gasteiger partial charge < -0.3 is 20.1 Å². The van der Waals surface area contributed by atoms with E-state index in [9.17, 15) is 10.1 Å². The molecular formula is C26H25N7O3S. The standard InChI is InChI=1S/C26H25N7O3S/c1-3-22(34)32-8-4-5-18(12-32)33-26-23(25(28)29-15-30-26)24(31-33)17-9-20(37-14-17)13-36-19-7-6-16(11-27)21(10-19)35-2/h3,6-7,9-10,14-15,18H,1,4-5,8,12-13H2,2H3,(H2,28,29,30)/t18-/m1/s1. The van der Waals surface area contributed by atoms with Crippen molar-refractivity contribution in [1.82, 2.24) is 24.6 Å². The lowest BCUT2D eigenvalue weighted by Gasteiger charge is -2.32. The fourth-order valence-electron chi connectivity index (χ4n) is 4.52. The van der Waals surface area contributed by atoms with Crippen LogP contribution in [0.1, 0.15) is 29.3 Å². The third-order valence-corrected chi connectivity index (χ3v) is 7.26. The number of fused-ring (bicyclic) bond motifs is 1. The lowest BCUT2D eigenvalue weighted by molar-refractivity contribution is -0.127. The number of piperidine rings is 1. The van der Waals surface area contributed by atoms with Gasteiger partial charge in [0.15, 0.2) is 5.65 Å². The van der Waals surface area contributed by atoms with Gasteiger partial charge in [0, 0.05) is 35.0 Å². The monoisotopic (exact) mass is 515 g/mol. The maximum Gasteiger partial charge on any atom is 0.246 e. The highest BCUT2D eigenvalue weighted by atomic mass is 32.1. The molecule has 4 heterocycles. The molecule has 0 spiro atoms. The number of benzene rings is 1. The Labute approximate surface area is 217 Å². The van der Waals surface area contributed by atoms with Crippen LogP contribution < -0.4 is 15.2 Å². The van der Waals surface area contributed by atoms with Gasteiger partial charge in [-0.15, -0.1) is 11.3 Å². The summed E-state index contributed by atoms with van der Waals surface area (Å²) in [5.41, 5.74) is 8.97. The number of amides is 1. The van der Waals surface area contributed by atoms with Crippen LogP contribution in [0, 0.1) is 11.3 Å². The van der Waals surface area contributed by atoms with Crippen LogP contribution in [-0.4, -0.2) is 50.8 Å². The van der Waals surface area contributed by atoms with E-state index in [1.54, 1.807) is 34.4 Å². The summed E-state index contributed by atoms with van der Waals surface area (Å²) in [6.07, 6.45) is 4.52. The number of nitrogens with two attached hydrogens (primary N) is 1. The van der Waals surface area contributed by atoms with Gasteiger partial charge in [0.2, 0.25) is 5.91 Å². The van der Waals surface area contributed by atoms with Crippen LogP contribution >= 0.6 is 11.3 Å². The fraction of sp³-hybridized carbons (Fsp3) is 0.269. The first-order valence-electron chi connectivity index (χ1n) is 11.7. The topological polar surface area (TPSA) is 132 Å². The van der Waals surface area contributed by atoms with Gasteiger partial charge in [-0.2, -0.15) is 10.4 Å². The van der Waals surface area contributed by atoms with Crippen molar-refractivity contribution in [3.63, 3.8) is 0 Å². The zero-order valence-electron chi connectivity index (χ0n) is 20.3. The molecule has 37 heavy (non-hydrogen) atoms. The average Bonchev–Trinajstić information content (AvgIpc) is 3.57. The number of carbonyl (C=O) groups excluding carboxylic acids is 1. The molecule has 3 aromatic heterocycles. The first-order valence-corrected chi connectivity index (χ1v) is 12.6. The van der Waals surface area contributed by atoms with Crippen LogP contribution in [0.4, 0.5) is 5.82 Å². The number of likely N-dealkylation sites (tertiary alicyclic amines) is 1. The second-order valence-electron chi connectivity index (χ2n) is 8.60. The molecule has 1 aliphatic heterocycles. The number of methoxy groups -OCH3 is 1. The summed E-state index contributed by atoms with van der Waals surface area (Å²) in [5, 5.41) is 16.8. The Bertz CT molecular complexity index is 1520. The Balaban J connectivity index is 1.42. The molecule has 1 fully saturated rings. The number of nitrogen functional groups attached to an aromatic ring is 1. The van der Waals surface area contributed by atoms with Gasteiger partial charge >= 0.3 is 0 Å². The van der Waals surface area contributed by atoms with Crippen LogP contribution in [0.25, 0.3) is 22.3 Å². The average molecular weight is 516 g/mol. The van der Waals surface area contributed by atoms with Crippen molar-refractivity contribution in [1.29, 1.82) is 5.26 Å². The SMILES string of the molecule is C=CC(=O)N1CCC[C@@H](n2nc(-c3csc(COc4ccc(C#N)c(OC)c4)c3)c3c(N)ncnc32)C1. The maximum absolute atomic E-state index is 12.2. The van der Waals surface area contributed by atoms with Gasteiger partial charge in [0.05, 0.1) is 24.1 Å². The summed E-state index contributed by atoms with van der Waals surface area (Å²) in [6.45, 7) is 5.18. The number of nitrogens with zero attached hydrogens (tertiary/aromatic N) is 6. The van der Waals surface area contributed by atoms with Gasteiger partial charge in [0.25, 0.3) is 0 Å². The zero-order chi connectivity index (χ0) is 25.9. The Hall–Kier alpha value is -4.43. The number of nitriles is 1. The van der Waals surface area contributed by atoms with Gasteiger partial charge in [-0.1, -0.05) is 6.58 Å². The number of carbonyl (C=O) groups is 1. The number of rotatable bonds is 7. The van der Waals surface area contributed by atoms with E-state index in [2.05, 4.69) is 22.6 Å². The fourth-order valence-corrected chi connectivity index (χ4v) is 5.30. The van der Waals surface area contributed by atoms with E-state index in [1.807, 2.05) is 16.1 Å². The highest BCUT2D eigenvalue weighted by molar-refractivity contribution is 7.10. The number of anilines is 1. The van der Waals surface area contributed by atoms with E-state index in [4.69, 9.17) is 20.3 Å². The molecule has 1 saturated heterocycles. The second-order valence-corrected chi connectivity index (χ2v) is 9.60. The molecule has 1 aromatic carbocycles. The molecule has 0 aliphatic carbocycles. The van der Waals surface area contributed by atoms with E-state index in [0.717, 1.165) is 23.3 Å². The molecule has 1 aliphatic rings. The largest absolute Gasteiger partial charge is 0.495 e. The van der Waals surface area contributed by atoms with Crippen molar-refractivity contribution < 1.29 is 14.3 Å². The van der Waals surface area contributed by atoms with Gasteiger partial charge in [0.1, 0.15) is 42.0 Å². The molecule has 1 atom stereocenters. The second kappa shape index (κ2) is 10.3. The quantitative estimate of drug-likeness (QED) is 0.366. The van der Waals surface area contributed by atoms with Crippen molar-refractivity contribution in [2.24, 2.45) is 0 Å². The molecule has 1 amide bonds. The molecule has 11 heteroatoms. The molecule has 4 aromatic rings. The molecule has 0 radical (unpaired) electrons. The van der Waals surface area contributed by atoms with Gasteiger partial charge in [-0.25, -0.2) is 14.6 Å². The first-order chi connectivity index (χ1) is 18.0. The minimum Gasteiger partial charge on any atom is -0.495 e. The normalized spacial score (nSPS) is 15.4. The predicted molar refractivity (Wildman–Crippen MR) is 140 cm³/mol. The van der Waals surface area contributed by atoms with Crippen LogP contribution in [0.15, 0.2) is 48.6 Å². The maximum atomic E-state index is 12.2. The molecule has 0 bridgehead atoms. The van der Waals surface area contributed by atoms with Crippen molar-refractivity contribution in [2.75, 3.05) is 25.9 Å². The Morgan fingerprint density at radius 1 is 1.38 bits per heavy atom. The smallest absolute Gasteiger partial charge is 0.246 e.